The Labute approximate surface area is 122 Å². The molecular weight excluding hydrogens is 392 g/mol. The van der Waals surface area contributed by atoms with Crippen molar-refractivity contribution < 1.29 is 13.2 Å². The average Bonchev–Trinajstić information content (AvgIpc) is 2.41. The van der Waals surface area contributed by atoms with Crippen LogP contribution < -0.4 is 0 Å². The molecule has 0 aliphatic rings. The van der Waals surface area contributed by atoms with Crippen LogP contribution in [0.5, 0.6) is 0 Å². The molecule has 3 nitrogen and oxygen atoms in total. The van der Waals surface area contributed by atoms with Crippen molar-refractivity contribution in [1.29, 1.82) is 0 Å². The number of hydrogen-bond donors (Lipinski definition) is 0. The third kappa shape index (κ3) is 4.81. The van der Waals surface area contributed by atoms with Gasteiger partial charge in [0.15, 0.2) is 15.6 Å². The van der Waals surface area contributed by atoms with Crippen molar-refractivity contribution in [2.75, 3.05) is 11.5 Å². The van der Waals surface area contributed by atoms with Crippen LogP contribution in [0.4, 0.5) is 0 Å². The first-order chi connectivity index (χ1) is 7.71. The number of carbonyl (C=O) groups excluding carboxylic acids is 1. The fourth-order valence-corrected chi connectivity index (χ4v) is 5.92. The summed E-state index contributed by atoms with van der Waals surface area (Å²) in [6.07, 6.45) is 0. The molecule has 7 heteroatoms. The van der Waals surface area contributed by atoms with Crippen molar-refractivity contribution >= 4 is 58.8 Å². The van der Waals surface area contributed by atoms with Crippen LogP contribution in [0.2, 0.25) is 0 Å². The lowest BCUT2D eigenvalue weighted by Crippen LogP contribution is -2.21. The van der Waals surface area contributed by atoms with E-state index in [2.05, 4.69) is 31.9 Å². The summed E-state index contributed by atoms with van der Waals surface area (Å²) in [4.78, 5) is 11.9. The Bertz CT molecular complexity index is 518. The van der Waals surface area contributed by atoms with Gasteiger partial charge in [-0.1, -0.05) is 13.8 Å². The van der Waals surface area contributed by atoms with Gasteiger partial charge in [0.2, 0.25) is 0 Å². The van der Waals surface area contributed by atoms with Crippen molar-refractivity contribution in [1.82, 2.24) is 0 Å². The molecule has 0 aromatic carbocycles. The SMILES string of the molecule is CC(C)CS(=O)(=O)CC(=O)c1cc(Br)sc1Br. The molecule has 0 spiro atoms. The number of carbonyl (C=O) groups is 1. The van der Waals surface area contributed by atoms with Gasteiger partial charge in [-0.3, -0.25) is 4.79 Å². The number of rotatable bonds is 5. The van der Waals surface area contributed by atoms with E-state index in [1.807, 2.05) is 13.8 Å². The molecule has 0 saturated carbocycles. The molecule has 0 bridgehead atoms. The first-order valence-corrected chi connectivity index (χ1v) is 9.12. The highest BCUT2D eigenvalue weighted by molar-refractivity contribution is 9.12. The summed E-state index contributed by atoms with van der Waals surface area (Å²) < 4.78 is 24.9. The lowest BCUT2D eigenvalue weighted by atomic mass is 10.2. The minimum absolute atomic E-state index is 0.0328. The Hall–Kier alpha value is 0.280. The maximum atomic E-state index is 11.9. The second-order valence-electron chi connectivity index (χ2n) is 4.11. The van der Waals surface area contributed by atoms with Gasteiger partial charge in [-0.25, -0.2) is 8.42 Å². The van der Waals surface area contributed by atoms with Crippen molar-refractivity contribution in [3.05, 3.63) is 19.2 Å². The molecule has 0 atom stereocenters. The minimum Gasteiger partial charge on any atom is -0.293 e. The van der Waals surface area contributed by atoms with E-state index in [9.17, 15) is 13.2 Å². The minimum atomic E-state index is -3.32. The number of halogens is 2. The van der Waals surface area contributed by atoms with Crippen molar-refractivity contribution in [3.8, 4) is 0 Å². The first-order valence-electron chi connectivity index (χ1n) is 4.89. The molecule has 0 fully saturated rings. The number of Topliss-reactive ketones (excluding diaryl/α,β-unsaturated/α-hetero) is 1. The van der Waals surface area contributed by atoms with Gasteiger partial charge in [-0.2, -0.15) is 0 Å². The molecule has 0 saturated heterocycles. The fourth-order valence-electron chi connectivity index (χ4n) is 1.37. The Morgan fingerprint density at radius 3 is 2.41 bits per heavy atom. The van der Waals surface area contributed by atoms with Gasteiger partial charge in [-0.05, 0) is 43.8 Å². The Balaban J connectivity index is 2.83. The molecule has 1 aromatic heterocycles. The van der Waals surface area contributed by atoms with Crippen molar-refractivity contribution in [3.63, 3.8) is 0 Å². The normalized spacial score (nSPS) is 12.1. The summed E-state index contributed by atoms with van der Waals surface area (Å²) in [6.45, 7) is 3.64. The van der Waals surface area contributed by atoms with Gasteiger partial charge < -0.3 is 0 Å². The Morgan fingerprint density at radius 1 is 1.41 bits per heavy atom. The quantitative estimate of drug-likeness (QED) is 0.706. The number of sulfone groups is 1. The van der Waals surface area contributed by atoms with Crippen LogP contribution in [-0.2, 0) is 9.84 Å². The monoisotopic (exact) mass is 402 g/mol. The molecule has 0 N–H and O–H groups in total. The average molecular weight is 404 g/mol. The van der Waals surface area contributed by atoms with Crippen molar-refractivity contribution in [2.45, 2.75) is 13.8 Å². The maximum absolute atomic E-state index is 11.9. The Kier molecular flexibility index (Phi) is 5.37. The molecule has 0 amide bonds. The third-order valence-corrected chi connectivity index (χ3v) is 6.11. The maximum Gasteiger partial charge on any atom is 0.179 e. The zero-order valence-corrected chi connectivity index (χ0v) is 14.2. The van der Waals surface area contributed by atoms with Crippen LogP contribution in [-0.4, -0.2) is 25.7 Å². The summed E-state index contributed by atoms with van der Waals surface area (Å²) in [7, 11) is -3.32. The molecule has 0 aliphatic heterocycles. The first kappa shape index (κ1) is 15.3. The van der Waals surface area contributed by atoms with Crippen LogP contribution in [0, 0.1) is 5.92 Å². The zero-order valence-electron chi connectivity index (χ0n) is 9.37. The largest absolute Gasteiger partial charge is 0.293 e. The third-order valence-electron chi connectivity index (χ3n) is 1.90. The Morgan fingerprint density at radius 2 is 2.00 bits per heavy atom. The lowest BCUT2D eigenvalue weighted by molar-refractivity contribution is 0.102. The van der Waals surface area contributed by atoms with Gasteiger partial charge in [-0.15, -0.1) is 11.3 Å². The van der Waals surface area contributed by atoms with E-state index < -0.39 is 15.6 Å². The molecule has 0 radical (unpaired) electrons. The van der Waals surface area contributed by atoms with E-state index in [-0.39, 0.29) is 17.5 Å². The van der Waals surface area contributed by atoms with Gasteiger partial charge in [0.05, 0.1) is 13.3 Å². The summed E-state index contributed by atoms with van der Waals surface area (Å²) in [6, 6.07) is 1.64. The van der Waals surface area contributed by atoms with Gasteiger partial charge in [0, 0.05) is 5.56 Å². The van der Waals surface area contributed by atoms with Crippen LogP contribution >= 0.6 is 43.2 Å². The molecular formula is C10H12Br2O3S2. The van der Waals surface area contributed by atoms with E-state index in [0.717, 1.165) is 3.79 Å². The zero-order chi connectivity index (χ0) is 13.2. The summed E-state index contributed by atoms with van der Waals surface area (Å²) in [5.74, 6) is -0.709. The van der Waals surface area contributed by atoms with E-state index in [1.54, 1.807) is 6.07 Å². The van der Waals surface area contributed by atoms with Gasteiger partial charge in [0.1, 0.15) is 5.75 Å². The van der Waals surface area contributed by atoms with Crippen LogP contribution in [0.25, 0.3) is 0 Å². The van der Waals surface area contributed by atoms with E-state index >= 15 is 0 Å². The predicted molar refractivity (Wildman–Crippen MR) is 77.5 cm³/mol. The highest BCUT2D eigenvalue weighted by Crippen LogP contribution is 2.32. The predicted octanol–water partition coefficient (Wildman–Crippen LogP) is 3.53. The highest BCUT2D eigenvalue weighted by Gasteiger charge is 2.22. The molecule has 0 unspecified atom stereocenters. The number of thiophene rings is 1. The number of ketones is 1. The summed E-state index contributed by atoms with van der Waals surface area (Å²) in [5.41, 5.74) is 0.425. The second kappa shape index (κ2) is 5.95. The molecule has 96 valence electrons. The van der Waals surface area contributed by atoms with Crippen molar-refractivity contribution in [2.24, 2.45) is 5.92 Å². The molecule has 17 heavy (non-hydrogen) atoms. The number of hydrogen-bond acceptors (Lipinski definition) is 4. The standard InChI is InChI=1S/C10H12Br2O3S2/c1-6(2)4-17(14,15)5-8(13)7-3-9(11)16-10(7)12/h3,6H,4-5H2,1-2H3. The molecule has 1 rings (SSSR count). The lowest BCUT2D eigenvalue weighted by Gasteiger charge is -2.05. The summed E-state index contributed by atoms with van der Waals surface area (Å²) >= 11 is 7.86. The van der Waals surface area contributed by atoms with Crippen LogP contribution in [0.3, 0.4) is 0 Å². The molecule has 1 aromatic rings. The second-order valence-corrected chi connectivity index (χ2v) is 9.97. The van der Waals surface area contributed by atoms with E-state index in [4.69, 9.17) is 0 Å². The topological polar surface area (TPSA) is 51.2 Å². The van der Waals surface area contributed by atoms with Crippen LogP contribution in [0.15, 0.2) is 13.6 Å². The molecule has 0 aliphatic carbocycles. The fraction of sp³-hybridized carbons (Fsp3) is 0.500. The smallest absolute Gasteiger partial charge is 0.179 e. The highest BCUT2D eigenvalue weighted by atomic mass is 79.9. The van der Waals surface area contributed by atoms with E-state index in [0.29, 0.717) is 9.35 Å². The van der Waals surface area contributed by atoms with Gasteiger partial charge >= 0.3 is 0 Å². The van der Waals surface area contributed by atoms with E-state index in [1.165, 1.54) is 11.3 Å². The van der Waals surface area contributed by atoms with Crippen LogP contribution in [0.1, 0.15) is 24.2 Å². The summed E-state index contributed by atoms with van der Waals surface area (Å²) in [5, 5.41) is 0. The molecule has 1 heterocycles. The van der Waals surface area contributed by atoms with Gasteiger partial charge in [0.25, 0.3) is 0 Å².